The maximum absolute atomic E-state index is 12.8. The molecule has 0 aliphatic carbocycles. The third-order valence-corrected chi connectivity index (χ3v) is 4.67. The highest BCUT2D eigenvalue weighted by atomic mass is 35.5. The molecule has 20 heavy (non-hydrogen) atoms. The van der Waals surface area contributed by atoms with Crippen molar-refractivity contribution in [3.63, 3.8) is 0 Å². The van der Waals surface area contributed by atoms with Crippen LogP contribution in [-0.2, 0) is 9.84 Å². The summed E-state index contributed by atoms with van der Waals surface area (Å²) in [5, 5.41) is 7.36. The number of hydrogen-bond acceptors (Lipinski definition) is 5. The Balaban J connectivity index is 2.55. The summed E-state index contributed by atoms with van der Waals surface area (Å²) in [7, 11) is -4.06. The van der Waals surface area contributed by atoms with Crippen LogP contribution in [0.25, 0.3) is 0 Å². The van der Waals surface area contributed by atoms with E-state index >= 15 is 0 Å². The molecule has 102 valence electrons. The number of nitriles is 1. The van der Waals surface area contributed by atoms with Crippen LogP contribution in [0.3, 0.4) is 0 Å². The summed E-state index contributed by atoms with van der Waals surface area (Å²) in [5.74, 6) is -0.574. The third kappa shape index (κ3) is 2.61. The first kappa shape index (κ1) is 14.4. The first-order chi connectivity index (χ1) is 9.46. The van der Waals surface area contributed by atoms with E-state index in [1.165, 1.54) is 12.4 Å². The molecule has 0 aliphatic rings. The lowest BCUT2D eigenvalue weighted by Crippen LogP contribution is -2.14. The van der Waals surface area contributed by atoms with Gasteiger partial charge in [-0.3, -0.25) is 4.98 Å². The number of sulfone groups is 1. The van der Waals surface area contributed by atoms with Crippen LogP contribution in [0.5, 0.6) is 0 Å². The Morgan fingerprint density at radius 2 is 1.80 bits per heavy atom. The second kappa shape index (κ2) is 5.53. The Kier molecular flexibility index (Phi) is 3.97. The van der Waals surface area contributed by atoms with Crippen molar-refractivity contribution in [1.82, 2.24) is 9.97 Å². The molecule has 0 radical (unpaired) electrons. The Hall–Kier alpha value is -2.04. The van der Waals surface area contributed by atoms with Crippen molar-refractivity contribution in [2.45, 2.75) is 10.1 Å². The van der Waals surface area contributed by atoms with Gasteiger partial charge in [0, 0.05) is 12.4 Å². The van der Waals surface area contributed by atoms with Crippen molar-refractivity contribution < 1.29 is 12.8 Å². The highest BCUT2D eigenvalue weighted by molar-refractivity contribution is 7.92. The fraction of sp³-hybridized carbons (Fsp3) is 0.0833. The van der Waals surface area contributed by atoms with E-state index in [2.05, 4.69) is 9.97 Å². The van der Waals surface area contributed by atoms with E-state index in [9.17, 15) is 12.8 Å². The highest BCUT2D eigenvalue weighted by Gasteiger charge is 2.32. The molecule has 1 aromatic carbocycles. The second-order valence-electron chi connectivity index (χ2n) is 3.74. The summed E-state index contributed by atoms with van der Waals surface area (Å²) in [5.41, 5.74) is -0.152. The molecule has 1 atom stereocenters. The standard InChI is InChI=1S/C12H7ClFN3O2S/c13-12-11(16-5-6-17-12)10(7-15)20(18,19)9-3-1-8(14)2-4-9/h1-6,10H. The molecule has 0 fully saturated rings. The van der Waals surface area contributed by atoms with Gasteiger partial charge in [-0.2, -0.15) is 5.26 Å². The molecule has 0 N–H and O–H groups in total. The maximum atomic E-state index is 12.8. The molecule has 1 aromatic heterocycles. The molecule has 0 aliphatic heterocycles. The fourth-order valence-electron chi connectivity index (χ4n) is 1.55. The SMILES string of the molecule is N#CC(c1nccnc1Cl)S(=O)(=O)c1ccc(F)cc1. The van der Waals surface area contributed by atoms with Crippen molar-refractivity contribution in [3.05, 3.63) is 53.3 Å². The summed E-state index contributed by atoms with van der Waals surface area (Å²) in [4.78, 5) is 7.30. The lowest BCUT2D eigenvalue weighted by Gasteiger charge is -2.11. The van der Waals surface area contributed by atoms with Crippen LogP contribution in [0.1, 0.15) is 10.9 Å². The average Bonchev–Trinajstić information content (AvgIpc) is 2.42. The monoisotopic (exact) mass is 311 g/mol. The Morgan fingerprint density at radius 3 is 2.35 bits per heavy atom. The van der Waals surface area contributed by atoms with Gasteiger partial charge in [0.05, 0.1) is 11.0 Å². The zero-order valence-electron chi connectivity index (χ0n) is 9.86. The molecule has 2 aromatic rings. The topological polar surface area (TPSA) is 83.7 Å². The Bertz CT molecular complexity index is 772. The van der Waals surface area contributed by atoms with Crippen LogP contribution < -0.4 is 0 Å². The van der Waals surface area contributed by atoms with E-state index in [1.807, 2.05) is 0 Å². The lowest BCUT2D eigenvalue weighted by molar-refractivity contribution is 0.589. The second-order valence-corrected chi connectivity index (χ2v) is 6.13. The molecule has 2 rings (SSSR count). The normalized spacial score (nSPS) is 12.7. The van der Waals surface area contributed by atoms with E-state index in [4.69, 9.17) is 16.9 Å². The van der Waals surface area contributed by atoms with Gasteiger partial charge in [-0.1, -0.05) is 11.6 Å². The van der Waals surface area contributed by atoms with Crippen LogP contribution >= 0.6 is 11.6 Å². The van der Waals surface area contributed by atoms with Gasteiger partial charge in [-0.05, 0) is 24.3 Å². The molecule has 8 heteroatoms. The number of nitrogens with zero attached hydrogens (tertiary/aromatic N) is 3. The smallest absolute Gasteiger partial charge is 0.200 e. The lowest BCUT2D eigenvalue weighted by atomic mass is 10.3. The maximum Gasteiger partial charge on any atom is 0.200 e. The van der Waals surface area contributed by atoms with Gasteiger partial charge in [0.2, 0.25) is 9.84 Å². The van der Waals surface area contributed by atoms with Gasteiger partial charge in [-0.25, -0.2) is 17.8 Å². The van der Waals surface area contributed by atoms with Crippen LogP contribution in [0, 0.1) is 17.1 Å². The van der Waals surface area contributed by atoms with Crippen molar-refractivity contribution in [2.24, 2.45) is 0 Å². The quantitative estimate of drug-likeness (QED) is 0.812. The number of rotatable bonds is 3. The number of aromatic nitrogens is 2. The fourth-order valence-corrected chi connectivity index (χ4v) is 3.22. The third-order valence-electron chi connectivity index (χ3n) is 2.50. The van der Waals surface area contributed by atoms with Crippen LogP contribution in [0.4, 0.5) is 4.39 Å². The van der Waals surface area contributed by atoms with E-state index in [0.717, 1.165) is 24.3 Å². The van der Waals surface area contributed by atoms with Crippen molar-refractivity contribution in [2.75, 3.05) is 0 Å². The molecule has 0 saturated heterocycles. The van der Waals surface area contributed by atoms with Crippen LogP contribution in [0.2, 0.25) is 5.15 Å². The van der Waals surface area contributed by atoms with Crippen LogP contribution in [0.15, 0.2) is 41.6 Å². The Morgan fingerprint density at radius 1 is 1.20 bits per heavy atom. The molecular formula is C12H7ClFN3O2S. The van der Waals surface area contributed by atoms with E-state index in [1.54, 1.807) is 6.07 Å². The van der Waals surface area contributed by atoms with E-state index < -0.39 is 20.9 Å². The van der Waals surface area contributed by atoms with Gasteiger partial charge in [0.1, 0.15) is 11.5 Å². The minimum atomic E-state index is -4.06. The van der Waals surface area contributed by atoms with Gasteiger partial charge < -0.3 is 0 Å². The van der Waals surface area contributed by atoms with Gasteiger partial charge in [0.15, 0.2) is 10.4 Å². The molecule has 0 spiro atoms. The zero-order valence-corrected chi connectivity index (χ0v) is 11.4. The first-order valence-electron chi connectivity index (χ1n) is 5.32. The summed E-state index contributed by atoms with van der Waals surface area (Å²) < 4.78 is 37.6. The first-order valence-corrected chi connectivity index (χ1v) is 7.24. The summed E-state index contributed by atoms with van der Waals surface area (Å²) >= 11 is 5.77. The Labute approximate surface area is 119 Å². The average molecular weight is 312 g/mol. The summed E-state index contributed by atoms with van der Waals surface area (Å²) in [6, 6.07) is 5.81. The predicted molar refractivity (Wildman–Crippen MR) is 69.0 cm³/mol. The molecular weight excluding hydrogens is 305 g/mol. The minimum Gasteiger partial charge on any atom is -0.254 e. The highest BCUT2D eigenvalue weighted by Crippen LogP contribution is 2.30. The van der Waals surface area contributed by atoms with Crippen molar-refractivity contribution in [3.8, 4) is 6.07 Å². The number of benzene rings is 1. The molecule has 0 saturated carbocycles. The molecule has 0 bridgehead atoms. The van der Waals surface area contributed by atoms with Gasteiger partial charge >= 0.3 is 0 Å². The zero-order chi connectivity index (χ0) is 14.8. The molecule has 0 amide bonds. The summed E-state index contributed by atoms with van der Waals surface area (Å²) in [6.07, 6.45) is 2.52. The molecule has 1 heterocycles. The van der Waals surface area contributed by atoms with Crippen molar-refractivity contribution >= 4 is 21.4 Å². The van der Waals surface area contributed by atoms with Crippen LogP contribution in [-0.4, -0.2) is 18.4 Å². The number of halogens is 2. The van der Waals surface area contributed by atoms with E-state index in [-0.39, 0.29) is 15.7 Å². The van der Waals surface area contributed by atoms with E-state index in [0.29, 0.717) is 0 Å². The van der Waals surface area contributed by atoms with Gasteiger partial charge in [-0.15, -0.1) is 0 Å². The largest absolute Gasteiger partial charge is 0.254 e. The predicted octanol–water partition coefficient (Wildman–Crippen LogP) is 2.31. The van der Waals surface area contributed by atoms with Gasteiger partial charge in [0.25, 0.3) is 0 Å². The van der Waals surface area contributed by atoms with Crippen molar-refractivity contribution in [1.29, 1.82) is 5.26 Å². The summed E-state index contributed by atoms with van der Waals surface area (Å²) in [6.45, 7) is 0. The molecule has 5 nitrogen and oxygen atoms in total. The number of hydrogen-bond donors (Lipinski definition) is 0. The molecule has 1 unspecified atom stereocenters. The minimum absolute atomic E-state index is 0.152.